The Morgan fingerprint density at radius 2 is 1.93 bits per heavy atom. The van der Waals surface area contributed by atoms with Gasteiger partial charge in [0.05, 0.1) is 13.2 Å². The Kier molecular flexibility index (Phi) is 6.12. The number of carbonyl (C=O) groups excluding carboxylic acids is 1. The molecule has 2 aromatic rings. The van der Waals surface area contributed by atoms with E-state index in [1.807, 2.05) is 30.3 Å². The zero-order valence-electron chi connectivity index (χ0n) is 15.5. The van der Waals surface area contributed by atoms with Crippen LogP contribution in [0.3, 0.4) is 0 Å². The number of carboxylic acid groups (broad SMARTS) is 1. The molecule has 1 N–H and O–H groups in total. The van der Waals surface area contributed by atoms with Crippen LogP contribution in [0.5, 0.6) is 11.5 Å². The van der Waals surface area contributed by atoms with Gasteiger partial charge in [-0.25, -0.2) is 0 Å². The molecular weight excluding hydrogens is 344 g/mol. The summed E-state index contributed by atoms with van der Waals surface area (Å²) in [5, 5.41) is 8.79. The van der Waals surface area contributed by atoms with Crippen molar-refractivity contribution in [2.45, 2.75) is 39.0 Å². The molecule has 3 rings (SSSR count). The van der Waals surface area contributed by atoms with Crippen molar-refractivity contribution in [2.24, 2.45) is 0 Å². The third-order valence-corrected chi connectivity index (χ3v) is 4.54. The smallest absolute Gasteiger partial charge is 0.303 e. The fraction of sp³-hybridized carbons (Fsp3) is 0.364. The lowest BCUT2D eigenvalue weighted by Crippen LogP contribution is -2.04. The molecule has 0 bridgehead atoms. The number of Topliss-reactive ketones (excluding diaryl/α,β-unsaturated/α-hetero) is 1. The summed E-state index contributed by atoms with van der Waals surface area (Å²) in [6.45, 7) is 3.00. The molecule has 0 saturated carbocycles. The molecule has 0 saturated heterocycles. The topological polar surface area (TPSA) is 72.8 Å². The molecule has 0 spiro atoms. The van der Waals surface area contributed by atoms with Crippen molar-refractivity contribution in [3.63, 3.8) is 0 Å². The Balaban J connectivity index is 1.90. The second-order valence-corrected chi connectivity index (χ2v) is 6.65. The van der Waals surface area contributed by atoms with E-state index in [0.29, 0.717) is 30.8 Å². The molecule has 0 aromatic heterocycles. The number of hydrogen-bond donors (Lipinski definition) is 1. The summed E-state index contributed by atoms with van der Waals surface area (Å²) in [5.41, 5.74) is 3.61. The van der Waals surface area contributed by atoms with Gasteiger partial charge in [0.15, 0.2) is 5.78 Å². The predicted octanol–water partition coefficient (Wildman–Crippen LogP) is 4.51. The number of benzene rings is 2. The van der Waals surface area contributed by atoms with E-state index in [-0.39, 0.29) is 18.8 Å². The van der Waals surface area contributed by atoms with Gasteiger partial charge < -0.3 is 14.6 Å². The number of hydrogen-bond acceptors (Lipinski definition) is 4. The second kappa shape index (κ2) is 8.71. The van der Waals surface area contributed by atoms with Gasteiger partial charge in [-0.2, -0.15) is 0 Å². The second-order valence-electron chi connectivity index (χ2n) is 6.65. The molecule has 2 aromatic carbocycles. The summed E-state index contributed by atoms with van der Waals surface area (Å²) < 4.78 is 11.6. The lowest BCUT2D eigenvalue weighted by Gasteiger charge is -2.15. The van der Waals surface area contributed by atoms with Crippen LogP contribution >= 0.6 is 0 Å². The monoisotopic (exact) mass is 368 g/mol. The molecule has 0 heterocycles. The van der Waals surface area contributed by atoms with Crippen molar-refractivity contribution < 1.29 is 24.2 Å². The maximum atomic E-state index is 12.1. The quantitative estimate of drug-likeness (QED) is 0.659. The summed E-state index contributed by atoms with van der Waals surface area (Å²) in [4.78, 5) is 22.8. The fourth-order valence-electron chi connectivity index (χ4n) is 3.20. The van der Waals surface area contributed by atoms with E-state index in [1.165, 1.54) is 0 Å². The van der Waals surface area contributed by atoms with Crippen molar-refractivity contribution in [2.75, 3.05) is 13.2 Å². The van der Waals surface area contributed by atoms with E-state index < -0.39 is 5.97 Å². The van der Waals surface area contributed by atoms with Gasteiger partial charge in [0.2, 0.25) is 0 Å². The SMILES string of the molecule is CCCOc1cccc(-c2cc3c(cc2OCCCC(=O)O)C(=O)CC3)c1. The van der Waals surface area contributed by atoms with Gasteiger partial charge >= 0.3 is 5.97 Å². The number of carboxylic acids is 1. The highest BCUT2D eigenvalue weighted by molar-refractivity contribution is 6.01. The van der Waals surface area contributed by atoms with Crippen molar-refractivity contribution in [3.8, 4) is 22.6 Å². The summed E-state index contributed by atoms with van der Waals surface area (Å²) in [6.07, 6.45) is 2.67. The summed E-state index contributed by atoms with van der Waals surface area (Å²) >= 11 is 0. The molecular formula is C22H24O5. The number of rotatable bonds is 9. The zero-order chi connectivity index (χ0) is 19.2. The number of ether oxygens (including phenoxy) is 2. The number of aryl methyl sites for hydroxylation is 1. The van der Waals surface area contributed by atoms with Crippen molar-refractivity contribution in [1.29, 1.82) is 0 Å². The number of fused-ring (bicyclic) bond motifs is 1. The van der Waals surface area contributed by atoms with Crippen molar-refractivity contribution in [3.05, 3.63) is 47.5 Å². The van der Waals surface area contributed by atoms with Gasteiger partial charge in [-0.15, -0.1) is 0 Å². The van der Waals surface area contributed by atoms with Crippen LogP contribution in [0.25, 0.3) is 11.1 Å². The van der Waals surface area contributed by atoms with Crippen LogP contribution in [0, 0.1) is 0 Å². The van der Waals surface area contributed by atoms with Gasteiger partial charge in [-0.05, 0) is 54.7 Å². The van der Waals surface area contributed by atoms with Gasteiger partial charge in [0, 0.05) is 24.0 Å². The first kappa shape index (κ1) is 19.0. The first-order valence-corrected chi connectivity index (χ1v) is 9.36. The minimum atomic E-state index is -0.844. The van der Waals surface area contributed by atoms with Crippen molar-refractivity contribution >= 4 is 11.8 Å². The molecule has 0 amide bonds. The third-order valence-electron chi connectivity index (χ3n) is 4.54. The predicted molar refractivity (Wildman–Crippen MR) is 103 cm³/mol. The lowest BCUT2D eigenvalue weighted by atomic mass is 9.99. The van der Waals surface area contributed by atoms with Crippen LogP contribution in [-0.4, -0.2) is 30.1 Å². The zero-order valence-corrected chi connectivity index (χ0v) is 15.5. The molecule has 1 aliphatic rings. The summed E-state index contributed by atoms with van der Waals surface area (Å²) in [7, 11) is 0. The Morgan fingerprint density at radius 3 is 2.70 bits per heavy atom. The summed E-state index contributed by atoms with van der Waals surface area (Å²) in [6, 6.07) is 11.6. The van der Waals surface area contributed by atoms with Crippen LogP contribution in [0.1, 0.15) is 48.5 Å². The van der Waals surface area contributed by atoms with E-state index in [9.17, 15) is 9.59 Å². The van der Waals surface area contributed by atoms with Crippen LogP contribution in [0.2, 0.25) is 0 Å². The van der Waals surface area contributed by atoms with Crippen LogP contribution in [-0.2, 0) is 11.2 Å². The number of ketones is 1. The Bertz CT molecular complexity index is 841. The minimum absolute atomic E-state index is 0.0551. The standard InChI is InChI=1S/C22H24O5/c1-2-10-26-17-6-3-5-15(12-17)19-13-16-8-9-20(23)18(16)14-21(19)27-11-4-7-22(24)25/h3,5-6,12-14H,2,4,7-11H2,1H3,(H,24,25). The highest BCUT2D eigenvalue weighted by Gasteiger charge is 2.23. The third kappa shape index (κ3) is 4.67. The first-order chi connectivity index (χ1) is 13.1. The Hall–Kier alpha value is -2.82. The van der Waals surface area contributed by atoms with E-state index in [1.54, 1.807) is 6.07 Å². The van der Waals surface area contributed by atoms with Gasteiger partial charge in [-0.3, -0.25) is 9.59 Å². The molecule has 0 atom stereocenters. The molecule has 0 fully saturated rings. The maximum absolute atomic E-state index is 12.1. The largest absolute Gasteiger partial charge is 0.494 e. The van der Waals surface area contributed by atoms with E-state index in [4.69, 9.17) is 14.6 Å². The molecule has 1 aliphatic carbocycles. The molecule has 0 unspecified atom stereocenters. The lowest BCUT2D eigenvalue weighted by molar-refractivity contribution is -0.137. The first-order valence-electron chi connectivity index (χ1n) is 9.36. The van der Waals surface area contributed by atoms with E-state index in [2.05, 4.69) is 6.92 Å². The normalized spacial score (nSPS) is 12.7. The molecule has 0 radical (unpaired) electrons. The van der Waals surface area contributed by atoms with Crippen LogP contribution in [0.4, 0.5) is 0 Å². The van der Waals surface area contributed by atoms with Gasteiger partial charge in [-0.1, -0.05) is 19.1 Å². The molecule has 0 aliphatic heterocycles. The minimum Gasteiger partial charge on any atom is -0.494 e. The molecule has 27 heavy (non-hydrogen) atoms. The van der Waals surface area contributed by atoms with Gasteiger partial charge in [0.1, 0.15) is 11.5 Å². The highest BCUT2D eigenvalue weighted by Crippen LogP contribution is 2.37. The average molecular weight is 368 g/mol. The average Bonchev–Trinajstić information content (AvgIpc) is 3.03. The number of aliphatic carboxylic acids is 1. The van der Waals surface area contributed by atoms with Crippen LogP contribution < -0.4 is 9.47 Å². The molecule has 5 nitrogen and oxygen atoms in total. The Labute approximate surface area is 158 Å². The van der Waals surface area contributed by atoms with E-state index >= 15 is 0 Å². The highest BCUT2D eigenvalue weighted by atomic mass is 16.5. The van der Waals surface area contributed by atoms with Gasteiger partial charge in [0.25, 0.3) is 0 Å². The molecule has 5 heteroatoms. The fourth-order valence-corrected chi connectivity index (χ4v) is 3.20. The van der Waals surface area contributed by atoms with Crippen molar-refractivity contribution in [1.82, 2.24) is 0 Å². The Morgan fingerprint density at radius 1 is 1.07 bits per heavy atom. The van der Waals surface area contributed by atoms with E-state index in [0.717, 1.165) is 35.3 Å². The summed E-state index contributed by atoms with van der Waals surface area (Å²) in [5.74, 6) is 0.695. The maximum Gasteiger partial charge on any atom is 0.303 e. The van der Waals surface area contributed by atoms with Crippen LogP contribution in [0.15, 0.2) is 36.4 Å². The molecule has 142 valence electrons. The number of carbonyl (C=O) groups is 2.